The van der Waals surface area contributed by atoms with Crippen molar-refractivity contribution in [2.24, 2.45) is 0 Å². The zero-order valence-electron chi connectivity index (χ0n) is 11.1. The van der Waals surface area contributed by atoms with Crippen molar-refractivity contribution < 1.29 is 4.79 Å². The van der Waals surface area contributed by atoms with Gasteiger partial charge in [-0.2, -0.15) is 0 Å². The first-order valence-corrected chi connectivity index (χ1v) is 7.65. The first-order chi connectivity index (χ1) is 9.60. The Hall–Kier alpha value is -1.32. The van der Waals surface area contributed by atoms with Gasteiger partial charge >= 0.3 is 0 Å². The Morgan fingerprint density at radius 2 is 1.90 bits per heavy atom. The third-order valence-corrected chi connectivity index (χ3v) is 3.84. The van der Waals surface area contributed by atoms with Gasteiger partial charge in [-0.15, -0.1) is 11.6 Å². The van der Waals surface area contributed by atoms with Crippen LogP contribution in [0.1, 0.15) is 21.5 Å². The van der Waals surface area contributed by atoms with Gasteiger partial charge in [0, 0.05) is 16.0 Å². The summed E-state index contributed by atoms with van der Waals surface area (Å²) in [5, 5.41) is 2.89. The first kappa shape index (κ1) is 15.1. The monoisotopic (exact) mass is 351 g/mol. The van der Waals surface area contributed by atoms with E-state index in [9.17, 15) is 4.79 Å². The lowest BCUT2D eigenvalue weighted by molar-refractivity contribution is 0.102. The summed E-state index contributed by atoms with van der Waals surface area (Å²) in [6.45, 7) is 1.96. The molecule has 0 aliphatic carbocycles. The van der Waals surface area contributed by atoms with Gasteiger partial charge in [0.25, 0.3) is 5.91 Å². The van der Waals surface area contributed by atoms with E-state index in [-0.39, 0.29) is 5.91 Å². The van der Waals surface area contributed by atoms with Crippen molar-refractivity contribution in [2.45, 2.75) is 13.3 Å². The molecule has 0 heterocycles. The van der Waals surface area contributed by atoms with Crippen LogP contribution in [0.4, 0.5) is 5.69 Å². The van der Waals surface area contributed by atoms with Crippen LogP contribution in [0.5, 0.6) is 0 Å². The molecule has 0 saturated heterocycles. The lowest BCUT2D eigenvalue weighted by Crippen LogP contribution is -2.12. The summed E-state index contributed by atoms with van der Waals surface area (Å²) >= 11 is 9.10. The van der Waals surface area contributed by atoms with Crippen molar-refractivity contribution in [3.63, 3.8) is 0 Å². The molecule has 4 heteroatoms. The van der Waals surface area contributed by atoms with Crippen LogP contribution in [0.3, 0.4) is 0 Å². The van der Waals surface area contributed by atoms with Crippen molar-refractivity contribution in [3.05, 3.63) is 63.6 Å². The fourth-order valence-electron chi connectivity index (χ4n) is 1.88. The molecule has 0 aromatic heterocycles. The second kappa shape index (κ2) is 6.91. The maximum absolute atomic E-state index is 12.2. The third-order valence-electron chi connectivity index (χ3n) is 2.96. The molecule has 104 valence electrons. The average molecular weight is 353 g/mol. The maximum Gasteiger partial charge on any atom is 0.256 e. The summed E-state index contributed by atoms with van der Waals surface area (Å²) in [5.74, 6) is 0.479. The van der Waals surface area contributed by atoms with Gasteiger partial charge in [0.1, 0.15) is 0 Å². The molecule has 0 atom stereocenters. The predicted molar refractivity (Wildman–Crippen MR) is 87.7 cm³/mol. The van der Waals surface area contributed by atoms with E-state index in [1.54, 1.807) is 0 Å². The number of rotatable bonds is 4. The fourth-order valence-corrected chi connectivity index (χ4v) is 2.52. The molecule has 2 aromatic rings. The predicted octanol–water partition coefficient (Wildman–Crippen LogP) is 4.79. The number of aryl methyl sites for hydroxylation is 2. The van der Waals surface area contributed by atoms with Gasteiger partial charge in [-0.05, 0) is 59.1 Å². The molecule has 1 N–H and O–H groups in total. The lowest BCUT2D eigenvalue weighted by atomic mass is 10.1. The van der Waals surface area contributed by atoms with Crippen molar-refractivity contribution in [1.29, 1.82) is 0 Å². The SMILES string of the molecule is Cc1ccc(Br)c(C(=O)Nc2ccc(CCCl)cc2)c1. The van der Waals surface area contributed by atoms with E-state index in [0.717, 1.165) is 27.7 Å². The van der Waals surface area contributed by atoms with Crippen LogP contribution in [0.25, 0.3) is 0 Å². The Balaban J connectivity index is 2.13. The van der Waals surface area contributed by atoms with E-state index in [4.69, 9.17) is 11.6 Å². The van der Waals surface area contributed by atoms with Gasteiger partial charge in [0.15, 0.2) is 0 Å². The van der Waals surface area contributed by atoms with Gasteiger partial charge in [-0.25, -0.2) is 0 Å². The molecule has 1 amide bonds. The summed E-state index contributed by atoms with van der Waals surface area (Å²) in [4.78, 5) is 12.2. The third kappa shape index (κ3) is 3.84. The molecule has 0 radical (unpaired) electrons. The molecule has 2 aromatic carbocycles. The highest BCUT2D eigenvalue weighted by Gasteiger charge is 2.10. The zero-order chi connectivity index (χ0) is 14.5. The van der Waals surface area contributed by atoms with Crippen LogP contribution in [0.15, 0.2) is 46.9 Å². The zero-order valence-corrected chi connectivity index (χ0v) is 13.5. The van der Waals surface area contributed by atoms with Crippen LogP contribution in [-0.2, 0) is 6.42 Å². The smallest absolute Gasteiger partial charge is 0.256 e. The number of hydrogen-bond acceptors (Lipinski definition) is 1. The molecule has 0 saturated carbocycles. The highest BCUT2D eigenvalue weighted by molar-refractivity contribution is 9.10. The molecule has 2 rings (SSSR count). The van der Waals surface area contributed by atoms with E-state index in [1.165, 1.54) is 0 Å². The van der Waals surface area contributed by atoms with Gasteiger partial charge in [0.05, 0.1) is 5.56 Å². The summed E-state index contributed by atoms with van der Waals surface area (Å²) in [7, 11) is 0. The molecule has 2 nitrogen and oxygen atoms in total. The second-order valence-corrected chi connectivity index (χ2v) is 5.81. The lowest BCUT2D eigenvalue weighted by Gasteiger charge is -2.08. The van der Waals surface area contributed by atoms with E-state index in [0.29, 0.717) is 11.4 Å². The van der Waals surface area contributed by atoms with Gasteiger partial charge in [0.2, 0.25) is 0 Å². The molecule has 0 bridgehead atoms. The highest BCUT2D eigenvalue weighted by Crippen LogP contribution is 2.20. The number of hydrogen-bond donors (Lipinski definition) is 1. The Morgan fingerprint density at radius 3 is 2.55 bits per heavy atom. The Labute approximate surface area is 132 Å². The van der Waals surface area contributed by atoms with Crippen molar-refractivity contribution in [3.8, 4) is 0 Å². The van der Waals surface area contributed by atoms with E-state index in [1.807, 2.05) is 49.4 Å². The minimum Gasteiger partial charge on any atom is -0.322 e. The van der Waals surface area contributed by atoms with Crippen LogP contribution < -0.4 is 5.32 Å². The number of benzene rings is 2. The largest absolute Gasteiger partial charge is 0.322 e. The number of carbonyl (C=O) groups excluding carboxylic acids is 1. The van der Waals surface area contributed by atoms with E-state index < -0.39 is 0 Å². The minimum absolute atomic E-state index is 0.120. The maximum atomic E-state index is 12.2. The quantitative estimate of drug-likeness (QED) is 0.787. The van der Waals surface area contributed by atoms with Crippen molar-refractivity contribution >= 4 is 39.1 Å². The molecule has 0 aliphatic rings. The second-order valence-electron chi connectivity index (χ2n) is 4.57. The fraction of sp³-hybridized carbons (Fsp3) is 0.188. The number of halogens is 2. The number of amides is 1. The highest BCUT2D eigenvalue weighted by atomic mass is 79.9. The normalized spacial score (nSPS) is 10.3. The topological polar surface area (TPSA) is 29.1 Å². The average Bonchev–Trinajstić information content (AvgIpc) is 2.44. The van der Waals surface area contributed by atoms with Crippen LogP contribution >= 0.6 is 27.5 Å². The van der Waals surface area contributed by atoms with E-state index >= 15 is 0 Å². The molecule has 0 unspecified atom stereocenters. The number of anilines is 1. The molecule has 20 heavy (non-hydrogen) atoms. The minimum atomic E-state index is -0.120. The number of nitrogens with one attached hydrogen (secondary N) is 1. The summed E-state index contributed by atoms with van der Waals surface area (Å²) in [6, 6.07) is 13.4. The Kier molecular flexibility index (Phi) is 5.21. The van der Waals surface area contributed by atoms with Crippen molar-refractivity contribution in [2.75, 3.05) is 11.2 Å². The van der Waals surface area contributed by atoms with Crippen LogP contribution in [0.2, 0.25) is 0 Å². The molecular weight excluding hydrogens is 338 g/mol. The van der Waals surface area contributed by atoms with Gasteiger partial charge < -0.3 is 5.32 Å². The Morgan fingerprint density at radius 1 is 1.20 bits per heavy atom. The molecule has 0 aliphatic heterocycles. The standard InChI is InChI=1S/C16H15BrClNO/c1-11-2-7-15(17)14(10-11)16(20)19-13-5-3-12(4-6-13)8-9-18/h2-7,10H,8-9H2,1H3,(H,19,20). The molecule has 0 fully saturated rings. The summed E-state index contributed by atoms with van der Waals surface area (Å²) in [6.07, 6.45) is 0.833. The van der Waals surface area contributed by atoms with Crippen molar-refractivity contribution in [1.82, 2.24) is 0 Å². The number of carbonyl (C=O) groups is 1. The first-order valence-electron chi connectivity index (χ1n) is 6.32. The van der Waals surface area contributed by atoms with Gasteiger partial charge in [-0.1, -0.05) is 23.8 Å². The number of alkyl halides is 1. The molecular formula is C16H15BrClNO. The summed E-state index contributed by atoms with van der Waals surface area (Å²) < 4.78 is 0.791. The Bertz CT molecular complexity index is 610. The molecule has 0 spiro atoms. The van der Waals surface area contributed by atoms with E-state index in [2.05, 4.69) is 21.2 Å². The van der Waals surface area contributed by atoms with Gasteiger partial charge in [-0.3, -0.25) is 4.79 Å². The van der Waals surface area contributed by atoms with Crippen LogP contribution in [0, 0.1) is 6.92 Å². The van der Waals surface area contributed by atoms with Crippen LogP contribution in [-0.4, -0.2) is 11.8 Å². The summed E-state index contributed by atoms with van der Waals surface area (Å²) in [5.41, 5.74) is 3.63.